The molecule has 26 heavy (non-hydrogen) atoms. The molecule has 0 bridgehead atoms. The molecular weight excluding hydrogens is 410 g/mol. The predicted molar refractivity (Wildman–Crippen MR) is 111 cm³/mol. The maximum absolute atomic E-state index is 12.8. The number of nitrogens with zero attached hydrogens (tertiary/aromatic N) is 2. The molecule has 0 atom stereocenters. The van der Waals surface area contributed by atoms with E-state index in [1.165, 1.54) is 16.7 Å². The molecule has 3 rings (SSSR count). The molecule has 1 aliphatic heterocycles. The number of allylic oxidation sites excluding steroid dienone is 1. The lowest BCUT2D eigenvalue weighted by molar-refractivity contribution is -0.122. The van der Waals surface area contributed by atoms with Gasteiger partial charge in [0.1, 0.15) is 0 Å². The van der Waals surface area contributed by atoms with Gasteiger partial charge in [-0.2, -0.15) is 0 Å². The molecule has 1 aliphatic rings. The summed E-state index contributed by atoms with van der Waals surface area (Å²) in [7, 11) is 1.97. The summed E-state index contributed by atoms with van der Waals surface area (Å²) < 4.78 is 1.04. The van der Waals surface area contributed by atoms with E-state index in [1.54, 1.807) is 0 Å². The predicted octanol–water partition coefficient (Wildman–Crippen LogP) is 4.82. The molecule has 1 amide bonds. The van der Waals surface area contributed by atoms with Crippen molar-refractivity contribution in [1.82, 2.24) is 9.80 Å². The summed E-state index contributed by atoms with van der Waals surface area (Å²) >= 11 is 4.73. The highest BCUT2D eigenvalue weighted by Gasteiger charge is 2.34. The molecule has 1 fully saturated rings. The lowest BCUT2D eigenvalue weighted by Crippen LogP contribution is -2.29. The maximum Gasteiger partial charge on any atom is 0.268 e. The van der Waals surface area contributed by atoms with Crippen molar-refractivity contribution in [2.45, 2.75) is 20.0 Å². The molecule has 4 nitrogen and oxygen atoms in total. The van der Waals surface area contributed by atoms with E-state index >= 15 is 0 Å². The molecule has 0 unspecified atom stereocenters. The summed E-state index contributed by atoms with van der Waals surface area (Å²) in [6.07, 6.45) is 0. The average Bonchev–Trinajstić information content (AvgIpc) is 2.90. The summed E-state index contributed by atoms with van der Waals surface area (Å²) in [6, 6.07) is 17.9. The van der Waals surface area contributed by atoms with Gasteiger partial charge in [0.2, 0.25) is 0 Å². The summed E-state index contributed by atoms with van der Waals surface area (Å²) in [6.45, 7) is 3.07. The van der Waals surface area contributed by atoms with Gasteiger partial charge in [-0.05, 0) is 41.9 Å². The number of rotatable bonds is 5. The second-order valence-electron chi connectivity index (χ2n) is 6.18. The lowest BCUT2D eigenvalue weighted by Gasteiger charge is -2.21. The van der Waals surface area contributed by atoms with Crippen molar-refractivity contribution in [2.75, 3.05) is 7.05 Å². The largest absolute Gasteiger partial charge is 0.373 e. The maximum atomic E-state index is 12.8. The number of amides is 1. The van der Waals surface area contributed by atoms with Gasteiger partial charge in [0, 0.05) is 23.8 Å². The third kappa shape index (κ3) is 4.19. The van der Waals surface area contributed by atoms with E-state index in [4.69, 9.17) is 5.41 Å². The van der Waals surface area contributed by atoms with Crippen molar-refractivity contribution in [1.29, 1.82) is 5.41 Å². The minimum Gasteiger partial charge on any atom is -0.373 e. The fourth-order valence-electron chi connectivity index (χ4n) is 2.75. The number of thioether (sulfide) groups is 1. The first kappa shape index (κ1) is 18.7. The first-order valence-corrected chi connectivity index (χ1v) is 9.85. The molecule has 134 valence electrons. The summed E-state index contributed by atoms with van der Waals surface area (Å²) in [5.41, 5.74) is 3.07. The van der Waals surface area contributed by atoms with E-state index < -0.39 is 0 Å². The van der Waals surface area contributed by atoms with Gasteiger partial charge < -0.3 is 4.90 Å². The van der Waals surface area contributed by atoms with Crippen molar-refractivity contribution in [3.63, 3.8) is 0 Å². The number of amidine groups is 1. The number of carbonyl (C=O) groups is 1. The fraction of sp³-hybridized carbons (Fsp3) is 0.200. The third-order valence-corrected chi connectivity index (χ3v) is 5.86. The Balaban J connectivity index is 1.76. The van der Waals surface area contributed by atoms with Crippen LogP contribution in [0.5, 0.6) is 0 Å². The number of carbonyl (C=O) groups excluding carboxylic acids is 1. The van der Waals surface area contributed by atoms with Gasteiger partial charge in [0.25, 0.3) is 5.91 Å². The number of hydrogen-bond donors (Lipinski definition) is 1. The van der Waals surface area contributed by atoms with E-state index in [0.29, 0.717) is 18.0 Å². The van der Waals surface area contributed by atoms with Crippen LogP contribution in [0, 0.1) is 5.41 Å². The zero-order chi connectivity index (χ0) is 18.7. The molecule has 1 saturated heterocycles. The van der Waals surface area contributed by atoms with Crippen molar-refractivity contribution in [2.24, 2.45) is 0 Å². The van der Waals surface area contributed by atoms with Crippen LogP contribution in [0.25, 0.3) is 0 Å². The van der Waals surface area contributed by atoms with Crippen LogP contribution in [0.2, 0.25) is 0 Å². The number of halogens is 1. The molecular formula is C20H20BrN3OS. The van der Waals surface area contributed by atoms with Gasteiger partial charge in [-0.25, -0.2) is 0 Å². The standard InChI is InChI=1S/C20H20BrN3OS/c1-14(23(2)12-16-9-6-10-17(21)11-16)18-19(25)24(20(22)26-18)13-15-7-4-3-5-8-15/h3-11,22H,12-13H2,1-2H3/b18-14+,22-20?. The molecule has 0 aliphatic carbocycles. The number of hydrogen-bond acceptors (Lipinski definition) is 4. The van der Waals surface area contributed by atoms with E-state index in [9.17, 15) is 4.79 Å². The van der Waals surface area contributed by atoms with Crippen LogP contribution in [0.3, 0.4) is 0 Å². The van der Waals surface area contributed by atoms with Gasteiger partial charge in [0.15, 0.2) is 5.17 Å². The fourth-order valence-corrected chi connectivity index (χ4v) is 4.15. The van der Waals surface area contributed by atoms with E-state index in [0.717, 1.165) is 21.3 Å². The molecule has 0 aromatic heterocycles. The number of nitrogens with one attached hydrogen (secondary N) is 1. The van der Waals surface area contributed by atoms with Crippen LogP contribution in [0.15, 0.2) is 69.7 Å². The van der Waals surface area contributed by atoms with Gasteiger partial charge in [-0.1, -0.05) is 58.4 Å². The highest BCUT2D eigenvalue weighted by atomic mass is 79.9. The quantitative estimate of drug-likeness (QED) is 0.692. The highest BCUT2D eigenvalue weighted by molar-refractivity contribution is 9.10. The number of benzene rings is 2. The molecule has 6 heteroatoms. The van der Waals surface area contributed by atoms with E-state index in [1.807, 2.05) is 56.4 Å². The minimum atomic E-state index is -0.0950. The third-order valence-electron chi connectivity index (χ3n) is 4.28. The van der Waals surface area contributed by atoms with Crippen LogP contribution in [-0.2, 0) is 17.9 Å². The molecule has 1 N–H and O–H groups in total. The highest BCUT2D eigenvalue weighted by Crippen LogP contribution is 2.34. The molecule has 2 aromatic carbocycles. The monoisotopic (exact) mass is 429 g/mol. The van der Waals surface area contributed by atoms with Crippen LogP contribution in [0.1, 0.15) is 18.1 Å². The van der Waals surface area contributed by atoms with Crippen molar-refractivity contribution in [3.05, 3.63) is 80.8 Å². The normalized spacial score (nSPS) is 16.2. The van der Waals surface area contributed by atoms with Gasteiger partial charge in [0.05, 0.1) is 11.4 Å². The first-order chi connectivity index (χ1) is 12.5. The Kier molecular flexibility index (Phi) is 5.84. The summed E-state index contributed by atoms with van der Waals surface area (Å²) in [4.78, 5) is 17.1. The summed E-state index contributed by atoms with van der Waals surface area (Å²) in [5, 5.41) is 8.49. The molecule has 0 saturated carbocycles. The zero-order valence-electron chi connectivity index (χ0n) is 14.7. The van der Waals surface area contributed by atoms with E-state index in [2.05, 4.69) is 33.0 Å². The SMILES string of the molecule is C/C(=C1\SC(=N)N(Cc2ccccc2)C1=O)N(C)Cc1cccc(Br)c1. The van der Waals surface area contributed by atoms with Gasteiger partial charge in [-0.15, -0.1) is 0 Å². The topological polar surface area (TPSA) is 47.4 Å². The van der Waals surface area contributed by atoms with Crippen molar-refractivity contribution < 1.29 is 4.79 Å². The van der Waals surface area contributed by atoms with Crippen LogP contribution in [-0.4, -0.2) is 27.9 Å². The van der Waals surface area contributed by atoms with Gasteiger partial charge in [-0.3, -0.25) is 15.1 Å². The lowest BCUT2D eigenvalue weighted by atomic mass is 10.2. The Bertz CT molecular complexity index is 866. The first-order valence-electron chi connectivity index (χ1n) is 8.24. The van der Waals surface area contributed by atoms with Gasteiger partial charge >= 0.3 is 0 Å². The summed E-state index contributed by atoms with van der Waals surface area (Å²) in [5.74, 6) is -0.0950. The molecule has 2 aromatic rings. The second-order valence-corrected chi connectivity index (χ2v) is 8.10. The van der Waals surface area contributed by atoms with Crippen LogP contribution < -0.4 is 0 Å². The Morgan fingerprint density at radius 2 is 1.85 bits per heavy atom. The molecule has 1 heterocycles. The Labute approximate surface area is 166 Å². The molecule has 0 spiro atoms. The van der Waals surface area contributed by atoms with Crippen LogP contribution in [0.4, 0.5) is 0 Å². The smallest absolute Gasteiger partial charge is 0.268 e. The average molecular weight is 430 g/mol. The Morgan fingerprint density at radius 1 is 1.15 bits per heavy atom. The zero-order valence-corrected chi connectivity index (χ0v) is 17.1. The Morgan fingerprint density at radius 3 is 2.54 bits per heavy atom. The van der Waals surface area contributed by atoms with Crippen molar-refractivity contribution >= 4 is 38.8 Å². The van der Waals surface area contributed by atoms with Crippen LogP contribution >= 0.6 is 27.7 Å². The molecule has 0 radical (unpaired) electrons. The van der Waals surface area contributed by atoms with Crippen molar-refractivity contribution in [3.8, 4) is 0 Å². The van der Waals surface area contributed by atoms with E-state index in [-0.39, 0.29) is 11.1 Å². The second kappa shape index (κ2) is 8.10. The minimum absolute atomic E-state index is 0.0950. The Hall–Kier alpha value is -2.05.